The summed E-state index contributed by atoms with van der Waals surface area (Å²) in [6.45, 7) is 0. The smallest absolute Gasteiger partial charge is 0.245 e. The zero-order valence-electron chi connectivity index (χ0n) is 11.2. The van der Waals surface area contributed by atoms with E-state index in [1.54, 1.807) is 0 Å². The Balaban J connectivity index is 2.89. The highest BCUT2D eigenvalue weighted by Gasteiger charge is 2.71. The summed E-state index contributed by atoms with van der Waals surface area (Å²) in [5.74, 6) is -7.04. The number of hydrogen-bond donors (Lipinski definition) is 1. The summed E-state index contributed by atoms with van der Waals surface area (Å²) in [4.78, 5) is 0. The van der Waals surface area contributed by atoms with Crippen LogP contribution in [-0.4, -0.2) is 28.7 Å². The van der Waals surface area contributed by atoms with Crippen LogP contribution in [0.25, 0.3) is 0 Å². The maximum absolute atomic E-state index is 13.7. The molecule has 0 bridgehead atoms. The first kappa shape index (κ1) is 20.7. The molecule has 0 heterocycles. The molecule has 1 rings (SSSR count). The van der Waals surface area contributed by atoms with Crippen LogP contribution in [0, 0.1) is 5.92 Å². The molecule has 0 amide bonds. The van der Waals surface area contributed by atoms with Crippen molar-refractivity contribution in [3.63, 3.8) is 0 Å². The van der Waals surface area contributed by atoms with Crippen molar-refractivity contribution >= 4 is 12.0 Å². The van der Waals surface area contributed by atoms with Crippen LogP contribution < -0.4 is 0 Å². The van der Waals surface area contributed by atoms with Gasteiger partial charge in [0.15, 0.2) is 0 Å². The summed E-state index contributed by atoms with van der Waals surface area (Å²) in [7, 11) is 0. The lowest BCUT2D eigenvalue weighted by Crippen LogP contribution is -2.55. The fourth-order valence-electron chi connectivity index (χ4n) is 2.10. The first-order valence-electron chi connectivity index (χ1n) is 6.25. The van der Waals surface area contributed by atoms with Gasteiger partial charge >= 0.3 is 23.4 Å². The van der Waals surface area contributed by atoms with E-state index >= 15 is 0 Å². The van der Waals surface area contributed by atoms with E-state index in [2.05, 4.69) is 14.1 Å². The third-order valence-corrected chi connectivity index (χ3v) is 3.85. The number of hydrogen-bond acceptors (Lipinski definition) is 5. The molecule has 23 heavy (non-hydrogen) atoms. The fourth-order valence-corrected chi connectivity index (χ4v) is 2.35. The zero-order valence-corrected chi connectivity index (χ0v) is 12.0. The molecular formula is C10H12F8O4S. The predicted molar refractivity (Wildman–Crippen MR) is 59.8 cm³/mol. The molecule has 13 heteroatoms. The SMILES string of the molecule is OOOSC(F)(F)C(F)(F)OC(F)(F)C(F)(F)C1CCCCC1. The molecular weight excluding hydrogens is 368 g/mol. The Morgan fingerprint density at radius 1 is 0.826 bits per heavy atom. The second kappa shape index (κ2) is 7.25. The second-order valence-corrected chi connectivity index (χ2v) is 5.65. The van der Waals surface area contributed by atoms with Crippen molar-refractivity contribution in [3.05, 3.63) is 0 Å². The van der Waals surface area contributed by atoms with Crippen LogP contribution in [0.5, 0.6) is 0 Å². The molecule has 0 unspecified atom stereocenters. The van der Waals surface area contributed by atoms with Gasteiger partial charge in [0.1, 0.15) is 12.0 Å². The molecule has 0 aromatic heterocycles. The minimum Gasteiger partial charge on any atom is -0.245 e. The third kappa shape index (κ3) is 4.59. The average molecular weight is 380 g/mol. The number of rotatable bonds is 8. The van der Waals surface area contributed by atoms with E-state index in [1.807, 2.05) is 0 Å². The summed E-state index contributed by atoms with van der Waals surface area (Å²) >= 11 is -1.59. The highest BCUT2D eigenvalue weighted by atomic mass is 32.2. The minimum atomic E-state index is -6.03. The Morgan fingerprint density at radius 3 is 1.83 bits per heavy atom. The quantitative estimate of drug-likeness (QED) is 0.276. The van der Waals surface area contributed by atoms with E-state index in [4.69, 9.17) is 5.26 Å². The van der Waals surface area contributed by atoms with Crippen molar-refractivity contribution in [2.24, 2.45) is 5.92 Å². The van der Waals surface area contributed by atoms with Gasteiger partial charge in [-0.25, -0.2) is 9.99 Å². The summed E-state index contributed by atoms with van der Waals surface area (Å²) in [6, 6.07) is 0. The van der Waals surface area contributed by atoms with Gasteiger partial charge in [0.05, 0.1) is 0 Å². The van der Waals surface area contributed by atoms with Crippen molar-refractivity contribution < 1.29 is 54.5 Å². The molecule has 1 N–H and O–H groups in total. The van der Waals surface area contributed by atoms with E-state index < -0.39 is 41.4 Å². The molecule has 0 radical (unpaired) electrons. The van der Waals surface area contributed by atoms with Gasteiger partial charge in [0, 0.05) is 5.92 Å². The molecule has 1 fully saturated rings. The van der Waals surface area contributed by atoms with Crippen LogP contribution in [0.4, 0.5) is 35.1 Å². The van der Waals surface area contributed by atoms with Crippen molar-refractivity contribution in [1.29, 1.82) is 0 Å². The van der Waals surface area contributed by atoms with Crippen LogP contribution in [0.3, 0.4) is 0 Å². The van der Waals surface area contributed by atoms with Gasteiger partial charge in [-0.15, -0.1) is 4.33 Å². The lowest BCUT2D eigenvalue weighted by molar-refractivity contribution is -0.466. The number of halogens is 8. The van der Waals surface area contributed by atoms with Crippen LogP contribution >= 0.6 is 12.0 Å². The van der Waals surface area contributed by atoms with Crippen LogP contribution in [0.1, 0.15) is 32.1 Å². The van der Waals surface area contributed by atoms with Gasteiger partial charge < -0.3 is 0 Å². The lowest BCUT2D eigenvalue weighted by Gasteiger charge is -2.36. The van der Waals surface area contributed by atoms with Gasteiger partial charge in [0.25, 0.3) is 0 Å². The normalized spacial score (nSPS) is 19.2. The molecule has 0 atom stereocenters. The Labute approximate surface area is 129 Å². The Kier molecular flexibility index (Phi) is 6.52. The standard InChI is InChI=1S/C10H12F8O4S/c11-7(12,6-4-2-1-3-5-6)8(13,14)20-9(15,16)10(17,18)23-22-21-19/h6,19H,1-5H2. The Morgan fingerprint density at radius 2 is 1.35 bits per heavy atom. The molecule has 0 saturated heterocycles. The Bertz CT molecular complexity index is 389. The molecule has 1 aliphatic rings. The lowest BCUT2D eigenvalue weighted by atomic mass is 9.84. The molecule has 0 aliphatic heterocycles. The van der Waals surface area contributed by atoms with E-state index in [-0.39, 0.29) is 25.7 Å². The number of alkyl halides is 8. The first-order valence-corrected chi connectivity index (χ1v) is 6.99. The summed E-state index contributed by atoms with van der Waals surface area (Å²) in [6.07, 6.45) is -11.7. The Hall–Kier alpha value is -0.370. The molecule has 4 nitrogen and oxygen atoms in total. The highest BCUT2D eigenvalue weighted by Crippen LogP contribution is 2.52. The maximum atomic E-state index is 13.7. The fraction of sp³-hybridized carbons (Fsp3) is 1.00. The first-order chi connectivity index (χ1) is 10.4. The molecule has 0 aromatic rings. The molecule has 1 aliphatic carbocycles. The highest BCUT2D eigenvalue weighted by molar-refractivity contribution is 7.95. The number of ether oxygens (including phenoxy) is 1. The van der Waals surface area contributed by atoms with E-state index in [9.17, 15) is 35.1 Å². The van der Waals surface area contributed by atoms with Gasteiger partial charge in [-0.1, -0.05) is 24.3 Å². The summed E-state index contributed by atoms with van der Waals surface area (Å²) in [5, 5.41) is 4.68. The van der Waals surface area contributed by atoms with Gasteiger partial charge in [-0.3, -0.25) is 0 Å². The molecule has 1 saturated carbocycles. The van der Waals surface area contributed by atoms with E-state index in [1.165, 1.54) is 0 Å². The van der Waals surface area contributed by atoms with Crippen molar-refractivity contribution in [2.45, 2.75) is 55.5 Å². The van der Waals surface area contributed by atoms with Crippen LogP contribution in [-0.2, 0) is 14.1 Å². The monoisotopic (exact) mass is 380 g/mol. The maximum Gasteiger partial charge on any atom is 0.436 e. The second-order valence-electron chi connectivity index (χ2n) is 4.84. The molecule has 0 aromatic carbocycles. The summed E-state index contributed by atoms with van der Waals surface area (Å²) < 4.78 is 112. The van der Waals surface area contributed by atoms with Crippen LogP contribution in [0.2, 0.25) is 0 Å². The van der Waals surface area contributed by atoms with Crippen molar-refractivity contribution in [1.82, 2.24) is 0 Å². The van der Waals surface area contributed by atoms with Crippen LogP contribution in [0.15, 0.2) is 0 Å². The van der Waals surface area contributed by atoms with Crippen molar-refractivity contribution in [2.75, 3.05) is 0 Å². The third-order valence-electron chi connectivity index (χ3n) is 3.27. The van der Waals surface area contributed by atoms with E-state index in [0.717, 1.165) is 0 Å². The minimum absolute atomic E-state index is 0.181. The zero-order chi connectivity index (χ0) is 17.9. The van der Waals surface area contributed by atoms with Gasteiger partial charge in [-0.05, 0) is 12.8 Å². The van der Waals surface area contributed by atoms with Gasteiger partial charge in [0.2, 0.25) is 0 Å². The topological polar surface area (TPSA) is 47.9 Å². The average Bonchev–Trinajstić information content (AvgIpc) is 2.44. The summed E-state index contributed by atoms with van der Waals surface area (Å²) in [5.41, 5.74) is 0. The van der Waals surface area contributed by atoms with Crippen molar-refractivity contribution in [3.8, 4) is 0 Å². The predicted octanol–water partition coefficient (Wildman–Crippen LogP) is 5.07. The molecule has 138 valence electrons. The largest absolute Gasteiger partial charge is 0.436 e. The van der Waals surface area contributed by atoms with Gasteiger partial charge in [-0.2, -0.15) is 35.1 Å². The van der Waals surface area contributed by atoms with E-state index in [0.29, 0.717) is 6.42 Å². The molecule has 0 spiro atoms.